The van der Waals surface area contributed by atoms with Gasteiger partial charge in [-0.25, -0.2) is 0 Å². The van der Waals surface area contributed by atoms with E-state index in [0.717, 1.165) is 26.6 Å². The molecule has 0 radical (unpaired) electrons. The summed E-state index contributed by atoms with van der Waals surface area (Å²) in [6, 6.07) is 11.4. The van der Waals surface area contributed by atoms with E-state index in [1.807, 2.05) is 37.3 Å². The van der Waals surface area contributed by atoms with Gasteiger partial charge in [0.15, 0.2) is 0 Å². The van der Waals surface area contributed by atoms with Crippen LogP contribution in [0.5, 0.6) is 0 Å². The predicted octanol–water partition coefficient (Wildman–Crippen LogP) is 2.74. The molecule has 0 saturated carbocycles. The number of fused-ring (bicyclic) bond motifs is 1. The number of hydrogen-bond donors (Lipinski definition) is 2. The Balaban J connectivity index is 1.91. The molecular weight excluding hydrogens is 284 g/mol. The van der Waals surface area contributed by atoms with Crippen LogP contribution in [0.15, 0.2) is 46.2 Å². The summed E-state index contributed by atoms with van der Waals surface area (Å²) in [5.41, 5.74) is 8.67. The number of amides is 2. The summed E-state index contributed by atoms with van der Waals surface area (Å²) < 4.78 is 0. The molecule has 0 fully saturated rings. The molecule has 2 aromatic rings. The second kappa shape index (κ2) is 5.26. The molecule has 0 bridgehead atoms. The number of nitrogens with one attached hydrogen (secondary N) is 1. The topological polar surface area (TPSA) is 72.2 Å². The first kappa shape index (κ1) is 13.7. The van der Waals surface area contributed by atoms with Crippen molar-refractivity contribution in [2.24, 2.45) is 5.73 Å². The van der Waals surface area contributed by atoms with E-state index in [0.29, 0.717) is 12.0 Å². The maximum absolute atomic E-state index is 11.4. The second-order valence-electron chi connectivity index (χ2n) is 4.94. The van der Waals surface area contributed by atoms with E-state index in [2.05, 4.69) is 5.32 Å². The maximum Gasteiger partial charge on any atom is 0.249 e. The third-order valence-electron chi connectivity index (χ3n) is 3.48. The highest BCUT2D eigenvalue weighted by Gasteiger charge is 2.18. The van der Waals surface area contributed by atoms with Crippen LogP contribution in [0.4, 0.5) is 5.69 Å². The second-order valence-corrected chi connectivity index (χ2v) is 6.05. The van der Waals surface area contributed by atoms with E-state index in [-0.39, 0.29) is 5.91 Å². The van der Waals surface area contributed by atoms with Crippen molar-refractivity contribution in [2.75, 3.05) is 5.32 Å². The average molecular weight is 298 g/mol. The van der Waals surface area contributed by atoms with Gasteiger partial charge in [0.1, 0.15) is 0 Å². The van der Waals surface area contributed by atoms with E-state index in [9.17, 15) is 9.59 Å². The van der Waals surface area contributed by atoms with Gasteiger partial charge in [0.2, 0.25) is 11.8 Å². The number of anilines is 1. The number of hydrogen-bond acceptors (Lipinski definition) is 3. The Hall–Kier alpha value is -2.27. The van der Waals surface area contributed by atoms with Crippen LogP contribution in [0.25, 0.3) is 0 Å². The van der Waals surface area contributed by atoms with Gasteiger partial charge in [0.25, 0.3) is 0 Å². The highest BCUT2D eigenvalue weighted by Crippen LogP contribution is 2.35. The van der Waals surface area contributed by atoms with E-state index in [4.69, 9.17) is 5.73 Å². The Labute approximate surface area is 126 Å². The molecule has 3 rings (SSSR count). The Morgan fingerprint density at radius 3 is 2.86 bits per heavy atom. The quantitative estimate of drug-likeness (QED) is 0.915. The van der Waals surface area contributed by atoms with Crippen molar-refractivity contribution in [1.29, 1.82) is 0 Å². The van der Waals surface area contributed by atoms with Gasteiger partial charge in [-0.05, 0) is 42.3 Å². The van der Waals surface area contributed by atoms with Crippen molar-refractivity contribution in [3.05, 3.63) is 53.1 Å². The molecular formula is C16H14N2O2S. The molecule has 21 heavy (non-hydrogen) atoms. The molecule has 2 aromatic carbocycles. The molecule has 1 heterocycles. The van der Waals surface area contributed by atoms with E-state index >= 15 is 0 Å². The lowest BCUT2D eigenvalue weighted by atomic mass is 10.1. The Kier molecular flexibility index (Phi) is 3.43. The van der Waals surface area contributed by atoms with Gasteiger partial charge in [-0.2, -0.15) is 0 Å². The van der Waals surface area contributed by atoms with Crippen molar-refractivity contribution >= 4 is 29.3 Å². The van der Waals surface area contributed by atoms with E-state index in [1.165, 1.54) is 0 Å². The molecule has 0 spiro atoms. The van der Waals surface area contributed by atoms with Gasteiger partial charge in [0, 0.05) is 21.0 Å². The molecule has 0 atom stereocenters. The highest BCUT2D eigenvalue weighted by molar-refractivity contribution is 7.99. The third kappa shape index (κ3) is 2.64. The zero-order chi connectivity index (χ0) is 15.0. The van der Waals surface area contributed by atoms with Crippen LogP contribution in [-0.4, -0.2) is 11.8 Å². The molecule has 5 heteroatoms. The summed E-state index contributed by atoms with van der Waals surface area (Å²) in [5.74, 6) is -0.393. The minimum Gasteiger partial charge on any atom is -0.366 e. The number of rotatable bonds is 3. The van der Waals surface area contributed by atoms with Crippen LogP contribution in [0.2, 0.25) is 0 Å². The molecule has 0 aliphatic carbocycles. The fourth-order valence-corrected chi connectivity index (χ4v) is 3.35. The van der Waals surface area contributed by atoms with Crippen molar-refractivity contribution in [2.45, 2.75) is 23.1 Å². The zero-order valence-corrected chi connectivity index (χ0v) is 12.3. The van der Waals surface area contributed by atoms with Gasteiger partial charge in [-0.15, -0.1) is 0 Å². The zero-order valence-electron chi connectivity index (χ0n) is 11.5. The number of benzene rings is 2. The standard InChI is InChI=1S/C16H14N2O2S/c1-9-12(16(17)20)3-2-4-14(9)21-11-6-5-10-7-15(19)18-13(10)8-11/h2-6,8H,7H2,1H3,(H2,17,20)(H,18,19). The SMILES string of the molecule is Cc1c(Sc2ccc3c(c2)NC(=O)C3)cccc1C(N)=O. The lowest BCUT2D eigenvalue weighted by molar-refractivity contribution is -0.115. The normalized spacial score (nSPS) is 12.9. The minimum absolute atomic E-state index is 0.0269. The number of primary amides is 1. The van der Waals surface area contributed by atoms with Gasteiger partial charge in [-0.3, -0.25) is 9.59 Å². The number of nitrogens with two attached hydrogens (primary N) is 1. The molecule has 3 N–H and O–H groups in total. The monoisotopic (exact) mass is 298 g/mol. The summed E-state index contributed by atoms with van der Waals surface area (Å²) >= 11 is 1.55. The predicted molar refractivity (Wildman–Crippen MR) is 82.6 cm³/mol. The molecule has 1 aliphatic rings. The van der Waals surface area contributed by atoms with E-state index < -0.39 is 5.91 Å². The van der Waals surface area contributed by atoms with Crippen LogP contribution in [-0.2, 0) is 11.2 Å². The first-order valence-electron chi connectivity index (χ1n) is 6.54. The number of carbonyl (C=O) groups is 2. The van der Waals surface area contributed by atoms with Crippen molar-refractivity contribution in [3.8, 4) is 0 Å². The van der Waals surface area contributed by atoms with Gasteiger partial charge < -0.3 is 11.1 Å². The summed E-state index contributed by atoms with van der Waals surface area (Å²) in [5, 5.41) is 2.84. The lowest BCUT2D eigenvalue weighted by Gasteiger charge is -2.09. The summed E-state index contributed by atoms with van der Waals surface area (Å²) in [6.07, 6.45) is 0.441. The van der Waals surface area contributed by atoms with Gasteiger partial charge >= 0.3 is 0 Å². The number of carbonyl (C=O) groups excluding carboxylic acids is 2. The molecule has 0 saturated heterocycles. The molecule has 0 unspecified atom stereocenters. The van der Waals surface area contributed by atoms with Gasteiger partial charge in [-0.1, -0.05) is 23.9 Å². The highest BCUT2D eigenvalue weighted by atomic mass is 32.2. The molecule has 106 valence electrons. The van der Waals surface area contributed by atoms with Crippen LogP contribution in [0.1, 0.15) is 21.5 Å². The van der Waals surface area contributed by atoms with E-state index in [1.54, 1.807) is 17.8 Å². The smallest absolute Gasteiger partial charge is 0.249 e. The minimum atomic E-state index is -0.420. The Bertz CT molecular complexity index is 756. The molecule has 1 aliphatic heterocycles. The van der Waals surface area contributed by atoms with Gasteiger partial charge in [0.05, 0.1) is 6.42 Å². The first-order chi connectivity index (χ1) is 10.0. The van der Waals surface area contributed by atoms with Crippen molar-refractivity contribution in [1.82, 2.24) is 0 Å². The third-order valence-corrected chi connectivity index (χ3v) is 4.64. The van der Waals surface area contributed by atoms with Crippen LogP contribution >= 0.6 is 11.8 Å². The van der Waals surface area contributed by atoms with Crippen molar-refractivity contribution in [3.63, 3.8) is 0 Å². The van der Waals surface area contributed by atoms with Crippen LogP contribution in [0, 0.1) is 6.92 Å². The maximum atomic E-state index is 11.4. The first-order valence-corrected chi connectivity index (χ1v) is 7.36. The molecule has 4 nitrogen and oxygen atoms in total. The largest absolute Gasteiger partial charge is 0.366 e. The van der Waals surface area contributed by atoms with Crippen molar-refractivity contribution < 1.29 is 9.59 Å². The fraction of sp³-hybridized carbons (Fsp3) is 0.125. The molecule has 0 aromatic heterocycles. The van der Waals surface area contributed by atoms with Crippen LogP contribution < -0.4 is 11.1 Å². The molecule has 2 amide bonds. The lowest BCUT2D eigenvalue weighted by Crippen LogP contribution is -2.12. The summed E-state index contributed by atoms with van der Waals surface area (Å²) in [7, 11) is 0. The Morgan fingerprint density at radius 2 is 2.10 bits per heavy atom. The summed E-state index contributed by atoms with van der Waals surface area (Å²) in [6.45, 7) is 1.89. The average Bonchev–Trinajstić information content (AvgIpc) is 2.80. The Morgan fingerprint density at radius 1 is 1.29 bits per heavy atom. The summed E-state index contributed by atoms with van der Waals surface area (Å²) in [4.78, 5) is 24.8. The fourth-order valence-electron chi connectivity index (χ4n) is 2.38. The van der Waals surface area contributed by atoms with Crippen LogP contribution in [0.3, 0.4) is 0 Å².